The minimum absolute atomic E-state index is 0.134. The Bertz CT molecular complexity index is 516. The fraction of sp³-hybridized carbons (Fsp3) is 0.167. The lowest BCUT2D eigenvalue weighted by Crippen LogP contribution is -2.12. The van der Waals surface area contributed by atoms with Crippen LogP contribution in [-0.2, 0) is 6.54 Å². The summed E-state index contributed by atoms with van der Waals surface area (Å²) in [7, 11) is 0. The molecule has 0 bridgehead atoms. The number of nitrogens with two attached hydrogens (primary N) is 1. The first-order valence-corrected chi connectivity index (χ1v) is 5.14. The van der Waals surface area contributed by atoms with Gasteiger partial charge in [-0.15, -0.1) is 0 Å². The molecule has 1 aromatic carbocycles. The van der Waals surface area contributed by atoms with Crippen LogP contribution in [-0.4, -0.2) is 15.3 Å². The predicted molar refractivity (Wildman–Crippen MR) is 62.2 cm³/mol. The molecule has 0 saturated carbocycles. The van der Waals surface area contributed by atoms with Crippen LogP contribution in [0.4, 0.5) is 5.69 Å². The molecule has 2 rings (SSSR count). The van der Waals surface area contributed by atoms with Gasteiger partial charge in [-0.3, -0.25) is 4.79 Å². The third-order valence-corrected chi connectivity index (χ3v) is 2.46. The summed E-state index contributed by atoms with van der Waals surface area (Å²) in [4.78, 5) is 16.2. The highest BCUT2D eigenvalue weighted by Gasteiger charge is 2.16. The van der Waals surface area contributed by atoms with E-state index in [9.17, 15) is 4.79 Å². The second kappa shape index (κ2) is 4.18. The van der Waals surface area contributed by atoms with E-state index in [-0.39, 0.29) is 5.78 Å². The lowest BCUT2D eigenvalue weighted by Gasteiger charge is -2.05. The predicted octanol–water partition coefficient (Wildman–Crippen LogP) is 1.72. The summed E-state index contributed by atoms with van der Waals surface area (Å²) in [5.74, 6) is 0.297. The number of hydrogen-bond acceptors (Lipinski definition) is 3. The maximum atomic E-state index is 12.1. The molecule has 0 unspecified atom stereocenters. The maximum Gasteiger partial charge on any atom is 0.230 e. The number of imidazole rings is 1. The Morgan fingerprint density at radius 2 is 2.19 bits per heavy atom. The zero-order valence-corrected chi connectivity index (χ0v) is 9.05. The molecule has 1 aromatic heterocycles. The van der Waals surface area contributed by atoms with Crippen LogP contribution in [0.3, 0.4) is 0 Å². The van der Waals surface area contributed by atoms with Crippen LogP contribution in [0.15, 0.2) is 36.7 Å². The molecule has 2 N–H and O–H groups in total. The second-order valence-corrected chi connectivity index (χ2v) is 3.45. The van der Waals surface area contributed by atoms with Crippen molar-refractivity contribution in [2.45, 2.75) is 13.5 Å². The molecule has 0 saturated heterocycles. The molecule has 0 radical (unpaired) electrons. The van der Waals surface area contributed by atoms with Gasteiger partial charge >= 0.3 is 0 Å². The zero-order chi connectivity index (χ0) is 11.5. The van der Waals surface area contributed by atoms with E-state index in [1.165, 1.54) is 0 Å². The molecule has 0 aliphatic heterocycles. The highest BCUT2D eigenvalue weighted by Crippen LogP contribution is 2.15. The Morgan fingerprint density at radius 3 is 2.88 bits per heavy atom. The van der Waals surface area contributed by atoms with Crippen LogP contribution in [0, 0.1) is 0 Å². The standard InChI is InChI=1S/C12H13N3O/c1-2-15-8-7-14-12(15)11(16)9-5-3-4-6-10(9)13/h3-8H,2,13H2,1H3. The highest BCUT2D eigenvalue weighted by atomic mass is 16.1. The van der Waals surface area contributed by atoms with Crippen molar-refractivity contribution >= 4 is 11.5 Å². The summed E-state index contributed by atoms with van der Waals surface area (Å²) in [6, 6.07) is 7.03. The van der Waals surface area contributed by atoms with Gasteiger partial charge in [0.15, 0.2) is 5.82 Å². The van der Waals surface area contributed by atoms with Gasteiger partial charge in [-0.05, 0) is 19.1 Å². The number of nitrogens with zero attached hydrogens (tertiary/aromatic N) is 2. The molecule has 0 atom stereocenters. The topological polar surface area (TPSA) is 60.9 Å². The van der Waals surface area contributed by atoms with Crippen molar-refractivity contribution in [3.8, 4) is 0 Å². The zero-order valence-electron chi connectivity index (χ0n) is 9.05. The number of benzene rings is 1. The Hall–Kier alpha value is -2.10. The summed E-state index contributed by atoms with van der Waals surface area (Å²) >= 11 is 0. The van der Waals surface area contributed by atoms with E-state index in [0.29, 0.717) is 23.6 Å². The minimum Gasteiger partial charge on any atom is -0.398 e. The fourth-order valence-electron chi connectivity index (χ4n) is 1.60. The van der Waals surface area contributed by atoms with Crippen LogP contribution in [0.25, 0.3) is 0 Å². The number of nitrogen functional groups attached to an aromatic ring is 1. The van der Waals surface area contributed by atoms with E-state index in [1.54, 1.807) is 41.2 Å². The number of aryl methyl sites for hydroxylation is 1. The summed E-state index contributed by atoms with van der Waals surface area (Å²) < 4.78 is 1.80. The molecule has 82 valence electrons. The summed E-state index contributed by atoms with van der Waals surface area (Å²) in [5, 5.41) is 0. The number of ketones is 1. The first-order valence-electron chi connectivity index (χ1n) is 5.14. The molecule has 0 fully saturated rings. The van der Waals surface area contributed by atoms with E-state index in [4.69, 9.17) is 5.73 Å². The van der Waals surface area contributed by atoms with E-state index in [1.807, 2.05) is 6.92 Å². The quantitative estimate of drug-likeness (QED) is 0.626. The lowest BCUT2D eigenvalue weighted by molar-refractivity contribution is 0.102. The van der Waals surface area contributed by atoms with Gasteiger partial charge in [-0.2, -0.15) is 0 Å². The van der Waals surface area contributed by atoms with Crippen molar-refractivity contribution in [3.63, 3.8) is 0 Å². The highest BCUT2D eigenvalue weighted by molar-refractivity contribution is 6.10. The molecule has 1 heterocycles. The van der Waals surface area contributed by atoms with Gasteiger partial charge in [0, 0.05) is 30.2 Å². The van der Waals surface area contributed by atoms with E-state index in [2.05, 4.69) is 4.98 Å². The molecule has 0 aliphatic carbocycles. The Morgan fingerprint density at radius 1 is 1.44 bits per heavy atom. The van der Waals surface area contributed by atoms with Crippen molar-refractivity contribution in [1.29, 1.82) is 0 Å². The van der Waals surface area contributed by atoms with Gasteiger partial charge in [-0.25, -0.2) is 4.98 Å². The van der Waals surface area contributed by atoms with Gasteiger partial charge in [-0.1, -0.05) is 12.1 Å². The average molecular weight is 215 g/mol. The Balaban J connectivity index is 2.44. The Kier molecular flexibility index (Phi) is 2.72. The van der Waals surface area contributed by atoms with Gasteiger partial charge < -0.3 is 10.3 Å². The number of hydrogen-bond donors (Lipinski definition) is 1. The SMILES string of the molecule is CCn1ccnc1C(=O)c1ccccc1N. The van der Waals surface area contributed by atoms with Crippen LogP contribution in [0.2, 0.25) is 0 Å². The van der Waals surface area contributed by atoms with E-state index in [0.717, 1.165) is 0 Å². The number of carbonyl (C=O) groups is 1. The van der Waals surface area contributed by atoms with E-state index < -0.39 is 0 Å². The van der Waals surface area contributed by atoms with Crippen molar-refractivity contribution in [2.24, 2.45) is 0 Å². The average Bonchev–Trinajstić information content (AvgIpc) is 2.77. The molecule has 4 heteroatoms. The number of carbonyl (C=O) groups excluding carboxylic acids is 1. The van der Waals surface area contributed by atoms with Gasteiger partial charge in [0.2, 0.25) is 5.78 Å². The van der Waals surface area contributed by atoms with Crippen LogP contribution in [0.1, 0.15) is 23.1 Å². The molecular weight excluding hydrogens is 202 g/mol. The van der Waals surface area contributed by atoms with E-state index >= 15 is 0 Å². The second-order valence-electron chi connectivity index (χ2n) is 3.45. The number of rotatable bonds is 3. The van der Waals surface area contributed by atoms with Crippen molar-refractivity contribution in [1.82, 2.24) is 9.55 Å². The van der Waals surface area contributed by atoms with Gasteiger partial charge in [0.05, 0.1) is 0 Å². The lowest BCUT2D eigenvalue weighted by atomic mass is 10.1. The minimum atomic E-state index is -0.134. The van der Waals surface area contributed by atoms with Gasteiger partial charge in [0.1, 0.15) is 0 Å². The first kappa shape index (κ1) is 10.4. The summed E-state index contributed by atoms with van der Waals surface area (Å²) in [5.41, 5.74) is 6.75. The molecule has 0 aliphatic rings. The van der Waals surface area contributed by atoms with Gasteiger partial charge in [0.25, 0.3) is 0 Å². The molecule has 2 aromatic rings. The largest absolute Gasteiger partial charge is 0.398 e. The normalized spacial score (nSPS) is 10.3. The van der Waals surface area contributed by atoms with Crippen LogP contribution < -0.4 is 5.73 Å². The Labute approximate surface area is 93.7 Å². The number of para-hydroxylation sites is 1. The summed E-state index contributed by atoms with van der Waals surface area (Å²) in [6.45, 7) is 2.68. The number of aromatic nitrogens is 2. The molecule has 0 spiro atoms. The fourth-order valence-corrected chi connectivity index (χ4v) is 1.60. The van der Waals surface area contributed by atoms with Crippen molar-refractivity contribution in [3.05, 3.63) is 48.0 Å². The van der Waals surface area contributed by atoms with Crippen molar-refractivity contribution in [2.75, 3.05) is 5.73 Å². The molecule has 16 heavy (non-hydrogen) atoms. The first-order chi connectivity index (χ1) is 7.74. The van der Waals surface area contributed by atoms with Crippen LogP contribution in [0.5, 0.6) is 0 Å². The monoisotopic (exact) mass is 215 g/mol. The smallest absolute Gasteiger partial charge is 0.230 e. The third-order valence-electron chi connectivity index (χ3n) is 2.46. The third kappa shape index (κ3) is 1.69. The molecule has 0 amide bonds. The summed E-state index contributed by atoms with van der Waals surface area (Å²) in [6.07, 6.45) is 3.40. The molecular formula is C12H13N3O. The van der Waals surface area contributed by atoms with Crippen molar-refractivity contribution < 1.29 is 4.79 Å². The number of anilines is 1. The molecule has 4 nitrogen and oxygen atoms in total. The van der Waals surface area contributed by atoms with Crippen LogP contribution >= 0.6 is 0 Å². The maximum absolute atomic E-state index is 12.1.